The fraction of sp³-hybridized carbons (Fsp3) is 1.00. The van der Waals surface area contributed by atoms with Gasteiger partial charge >= 0.3 is 0 Å². The second kappa shape index (κ2) is 3.18. The van der Waals surface area contributed by atoms with Crippen molar-refractivity contribution in [1.29, 1.82) is 0 Å². The van der Waals surface area contributed by atoms with Crippen LogP contribution in [-0.2, 0) is 0 Å². The van der Waals surface area contributed by atoms with Gasteiger partial charge in [-0.25, -0.2) is 0 Å². The maximum Gasteiger partial charge on any atom is 0.0515 e. The van der Waals surface area contributed by atoms with Gasteiger partial charge < -0.3 is 10.4 Å². The van der Waals surface area contributed by atoms with Gasteiger partial charge in [0.1, 0.15) is 0 Å². The SMILES string of the molecule is CC(O)CC1CCNC1. The average molecular weight is 129 g/mol. The lowest BCUT2D eigenvalue weighted by Crippen LogP contribution is -2.13. The van der Waals surface area contributed by atoms with Crippen molar-refractivity contribution >= 4 is 0 Å². The molecule has 0 aromatic rings. The van der Waals surface area contributed by atoms with Crippen LogP contribution >= 0.6 is 0 Å². The molecule has 9 heavy (non-hydrogen) atoms. The van der Waals surface area contributed by atoms with E-state index in [0.717, 1.165) is 25.4 Å². The van der Waals surface area contributed by atoms with Crippen LogP contribution in [0.25, 0.3) is 0 Å². The molecule has 2 N–H and O–H groups in total. The smallest absolute Gasteiger partial charge is 0.0515 e. The number of aliphatic hydroxyl groups is 1. The monoisotopic (exact) mass is 129 g/mol. The molecule has 1 fully saturated rings. The van der Waals surface area contributed by atoms with Crippen molar-refractivity contribution in [2.75, 3.05) is 13.1 Å². The largest absolute Gasteiger partial charge is 0.393 e. The molecule has 2 atom stereocenters. The molecule has 1 rings (SSSR count). The molecular formula is C7H15NO. The number of hydrogen-bond donors (Lipinski definition) is 2. The van der Waals surface area contributed by atoms with Crippen LogP contribution < -0.4 is 5.32 Å². The molecule has 54 valence electrons. The molecule has 0 spiro atoms. The first-order chi connectivity index (χ1) is 4.29. The minimum Gasteiger partial charge on any atom is -0.393 e. The lowest BCUT2D eigenvalue weighted by Gasteiger charge is -2.08. The third kappa shape index (κ3) is 2.33. The fourth-order valence-corrected chi connectivity index (χ4v) is 1.40. The van der Waals surface area contributed by atoms with Crippen LogP contribution in [0.15, 0.2) is 0 Å². The number of rotatable bonds is 2. The third-order valence-corrected chi connectivity index (χ3v) is 1.84. The summed E-state index contributed by atoms with van der Waals surface area (Å²) in [5, 5.41) is 12.3. The maximum absolute atomic E-state index is 8.98. The van der Waals surface area contributed by atoms with Crippen molar-refractivity contribution in [3.8, 4) is 0 Å². The Balaban J connectivity index is 2.11. The molecule has 0 aromatic carbocycles. The van der Waals surface area contributed by atoms with E-state index in [1.54, 1.807) is 0 Å². The highest BCUT2D eigenvalue weighted by Crippen LogP contribution is 2.13. The van der Waals surface area contributed by atoms with Gasteiger partial charge in [0, 0.05) is 0 Å². The van der Waals surface area contributed by atoms with Crippen LogP contribution in [0.1, 0.15) is 19.8 Å². The minimum atomic E-state index is -0.116. The summed E-state index contributed by atoms with van der Waals surface area (Å²) in [6.45, 7) is 4.10. The van der Waals surface area contributed by atoms with E-state index < -0.39 is 0 Å². The van der Waals surface area contributed by atoms with Crippen LogP contribution in [0.2, 0.25) is 0 Å². The minimum absolute atomic E-state index is 0.116. The van der Waals surface area contributed by atoms with Gasteiger partial charge in [0.2, 0.25) is 0 Å². The summed E-state index contributed by atoms with van der Waals surface area (Å²) in [6.07, 6.45) is 2.09. The first-order valence-corrected chi connectivity index (χ1v) is 3.68. The zero-order chi connectivity index (χ0) is 6.69. The molecule has 0 bridgehead atoms. The van der Waals surface area contributed by atoms with Crippen molar-refractivity contribution in [3.63, 3.8) is 0 Å². The molecule has 2 unspecified atom stereocenters. The topological polar surface area (TPSA) is 32.3 Å². The van der Waals surface area contributed by atoms with Gasteiger partial charge in [-0.15, -0.1) is 0 Å². The highest BCUT2D eigenvalue weighted by molar-refractivity contribution is 4.72. The van der Waals surface area contributed by atoms with Gasteiger partial charge in [-0.2, -0.15) is 0 Å². The van der Waals surface area contributed by atoms with E-state index >= 15 is 0 Å². The Bertz CT molecular complexity index is 77.0. The van der Waals surface area contributed by atoms with Crippen molar-refractivity contribution < 1.29 is 5.11 Å². The van der Waals surface area contributed by atoms with E-state index in [-0.39, 0.29) is 6.10 Å². The summed E-state index contributed by atoms with van der Waals surface area (Å²) in [5.74, 6) is 0.727. The Kier molecular flexibility index (Phi) is 2.49. The zero-order valence-corrected chi connectivity index (χ0v) is 5.93. The van der Waals surface area contributed by atoms with Crippen LogP contribution in [0, 0.1) is 5.92 Å². The normalized spacial score (nSPS) is 30.7. The number of aliphatic hydroxyl groups excluding tert-OH is 1. The number of nitrogens with one attached hydrogen (secondary N) is 1. The van der Waals surface area contributed by atoms with E-state index in [1.165, 1.54) is 6.42 Å². The molecule has 1 aliphatic heterocycles. The lowest BCUT2D eigenvalue weighted by atomic mass is 10.0. The van der Waals surface area contributed by atoms with Crippen LogP contribution in [0.4, 0.5) is 0 Å². The van der Waals surface area contributed by atoms with Gasteiger partial charge in [0.05, 0.1) is 6.10 Å². The molecule has 2 nitrogen and oxygen atoms in total. The molecular weight excluding hydrogens is 114 g/mol. The summed E-state index contributed by atoms with van der Waals surface area (Å²) in [5.41, 5.74) is 0. The van der Waals surface area contributed by atoms with E-state index in [9.17, 15) is 0 Å². The van der Waals surface area contributed by atoms with Crippen LogP contribution in [-0.4, -0.2) is 24.3 Å². The summed E-state index contributed by atoms with van der Waals surface area (Å²) in [4.78, 5) is 0. The van der Waals surface area contributed by atoms with Crippen LogP contribution in [0.5, 0.6) is 0 Å². The molecule has 1 heterocycles. The van der Waals surface area contributed by atoms with Crippen LogP contribution in [0.3, 0.4) is 0 Å². The fourth-order valence-electron chi connectivity index (χ4n) is 1.40. The van der Waals surface area contributed by atoms with Gasteiger partial charge in [-0.05, 0) is 38.8 Å². The molecule has 0 aliphatic carbocycles. The van der Waals surface area contributed by atoms with Crippen molar-refractivity contribution in [2.45, 2.75) is 25.9 Å². The predicted molar refractivity (Wildman–Crippen MR) is 37.3 cm³/mol. The van der Waals surface area contributed by atoms with Gasteiger partial charge in [0.25, 0.3) is 0 Å². The Morgan fingerprint density at radius 3 is 3.00 bits per heavy atom. The van der Waals surface area contributed by atoms with E-state index in [1.807, 2.05) is 6.92 Å². The van der Waals surface area contributed by atoms with Crippen molar-refractivity contribution in [3.05, 3.63) is 0 Å². The van der Waals surface area contributed by atoms with E-state index in [0.29, 0.717) is 0 Å². The first kappa shape index (κ1) is 7.03. The summed E-state index contributed by atoms with van der Waals surface area (Å²) in [6, 6.07) is 0. The quantitative estimate of drug-likeness (QED) is 0.564. The third-order valence-electron chi connectivity index (χ3n) is 1.84. The van der Waals surface area contributed by atoms with Gasteiger partial charge in [-0.3, -0.25) is 0 Å². The van der Waals surface area contributed by atoms with E-state index in [2.05, 4.69) is 5.32 Å². The summed E-state index contributed by atoms with van der Waals surface area (Å²) < 4.78 is 0. The zero-order valence-electron chi connectivity index (χ0n) is 5.93. The van der Waals surface area contributed by atoms with E-state index in [4.69, 9.17) is 5.11 Å². The highest BCUT2D eigenvalue weighted by atomic mass is 16.3. The van der Waals surface area contributed by atoms with Crippen molar-refractivity contribution in [2.24, 2.45) is 5.92 Å². The summed E-state index contributed by atoms with van der Waals surface area (Å²) in [7, 11) is 0. The van der Waals surface area contributed by atoms with Gasteiger partial charge in [-0.1, -0.05) is 0 Å². The molecule has 1 saturated heterocycles. The summed E-state index contributed by atoms with van der Waals surface area (Å²) >= 11 is 0. The molecule has 0 amide bonds. The Morgan fingerprint density at radius 1 is 1.78 bits per heavy atom. The second-order valence-corrected chi connectivity index (χ2v) is 2.94. The lowest BCUT2D eigenvalue weighted by molar-refractivity contribution is 0.164. The Morgan fingerprint density at radius 2 is 2.56 bits per heavy atom. The predicted octanol–water partition coefficient (Wildman–Crippen LogP) is 0.367. The first-order valence-electron chi connectivity index (χ1n) is 3.68. The molecule has 2 heteroatoms. The number of hydrogen-bond acceptors (Lipinski definition) is 2. The average Bonchev–Trinajstić information content (AvgIpc) is 2.15. The second-order valence-electron chi connectivity index (χ2n) is 2.94. The maximum atomic E-state index is 8.98. The highest BCUT2D eigenvalue weighted by Gasteiger charge is 2.15. The molecule has 1 aliphatic rings. The standard InChI is InChI=1S/C7H15NO/c1-6(9)4-7-2-3-8-5-7/h6-9H,2-5H2,1H3. The Hall–Kier alpha value is -0.0800. The molecule has 0 radical (unpaired) electrons. The Labute approximate surface area is 56.3 Å². The molecule has 0 aromatic heterocycles. The van der Waals surface area contributed by atoms with Crippen molar-refractivity contribution in [1.82, 2.24) is 5.32 Å². The van der Waals surface area contributed by atoms with Gasteiger partial charge in [0.15, 0.2) is 0 Å². The molecule has 0 saturated carbocycles.